The van der Waals surface area contributed by atoms with E-state index in [4.69, 9.17) is 10.5 Å². The number of hydrogen-bond donors (Lipinski definition) is 2. The van der Waals surface area contributed by atoms with Crippen LogP contribution in [0, 0.1) is 0 Å². The number of nitrogens with two attached hydrogens (primary N) is 1. The largest absolute Gasteiger partial charge is 0.443 e. The first-order chi connectivity index (χ1) is 10.8. The summed E-state index contributed by atoms with van der Waals surface area (Å²) in [4.78, 5) is 24.8. The second kappa shape index (κ2) is 6.68. The second-order valence-corrected chi connectivity index (χ2v) is 6.32. The molecule has 0 fully saturated rings. The van der Waals surface area contributed by atoms with E-state index in [9.17, 15) is 9.59 Å². The Morgan fingerprint density at radius 1 is 1.39 bits per heavy atom. The number of aryl methyl sites for hydroxylation is 1. The lowest BCUT2D eigenvalue weighted by atomic mass is 9.98. The second-order valence-electron chi connectivity index (χ2n) is 6.32. The van der Waals surface area contributed by atoms with Crippen molar-refractivity contribution in [3.05, 3.63) is 29.3 Å². The summed E-state index contributed by atoms with van der Waals surface area (Å²) in [5.41, 5.74) is 9.12. The summed E-state index contributed by atoms with van der Waals surface area (Å²) in [5, 5.41) is 3.79. The van der Waals surface area contributed by atoms with Gasteiger partial charge in [0.2, 0.25) is 0 Å². The Bertz CT molecular complexity index is 635. The van der Waals surface area contributed by atoms with Gasteiger partial charge in [0.25, 0.3) is 0 Å². The van der Waals surface area contributed by atoms with Gasteiger partial charge < -0.3 is 10.5 Å². The van der Waals surface area contributed by atoms with Gasteiger partial charge >= 0.3 is 12.1 Å². The van der Waals surface area contributed by atoms with Crippen LogP contribution in [-0.4, -0.2) is 30.5 Å². The monoisotopic (exact) mass is 318 g/mol. The number of carbonyl (C=O) groups excluding carboxylic acids is 2. The third kappa shape index (κ3) is 4.45. The van der Waals surface area contributed by atoms with E-state index in [0.29, 0.717) is 6.54 Å². The van der Waals surface area contributed by atoms with E-state index in [1.807, 2.05) is 39.0 Å². The quantitative estimate of drug-likeness (QED) is 0.647. The number of anilines is 1. The molecule has 23 heavy (non-hydrogen) atoms. The maximum absolute atomic E-state index is 12.5. The van der Waals surface area contributed by atoms with Crippen molar-refractivity contribution in [1.82, 2.24) is 5.43 Å². The molecule has 0 spiro atoms. The van der Waals surface area contributed by atoms with Gasteiger partial charge in [-0.05, 0) is 39.2 Å². The van der Waals surface area contributed by atoms with Crippen LogP contribution in [-0.2, 0) is 11.2 Å². The van der Waals surface area contributed by atoms with Crippen molar-refractivity contribution >= 4 is 24.0 Å². The predicted molar refractivity (Wildman–Crippen MR) is 88.7 cm³/mol. The zero-order valence-corrected chi connectivity index (χ0v) is 13.6. The van der Waals surface area contributed by atoms with Gasteiger partial charge in [-0.2, -0.15) is 5.10 Å². The summed E-state index contributed by atoms with van der Waals surface area (Å²) in [6, 6.07) is 4.96. The first-order valence-electron chi connectivity index (χ1n) is 7.49. The van der Waals surface area contributed by atoms with E-state index >= 15 is 0 Å². The normalized spacial score (nSPS) is 14.5. The molecule has 0 saturated heterocycles. The number of carbonyl (C=O) groups is 2. The average Bonchev–Trinajstić information content (AvgIpc) is 2.44. The molecule has 0 unspecified atom stereocenters. The lowest BCUT2D eigenvalue weighted by molar-refractivity contribution is 0.0577. The van der Waals surface area contributed by atoms with Gasteiger partial charge in [-0.3, -0.25) is 4.90 Å². The molecule has 7 nitrogen and oxygen atoms in total. The Kier molecular flexibility index (Phi) is 4.88. The molecule has 0 saturated carbocycles. The van der Waals surface area contributed by atoms with E-state index in [0.717, 1.165) is 29.7 Å². The lowest BCUT2D eigenvalue weighted by Crippen LogP contribution is -2.40. The molecule has 1 aromatic rings. The highest BCUT2D eigenvalue weighted by atomic mass is 16.6. The molecular weight excluding hydrogens is 296 g/mol. The van der Waals surface area contributed by atoms with Crippen LogP contribution in [0.5, 0.6) is 0 Å². The van der Waals surface area contributed by atoms with E-state index < -0.39 is 11.6 Å². The maximum Gasteiger partial charge on any atom is 0.414 e. The van der Waals surface area contributed by atoms with Crippen molar-refractivity contribution in [1.29, 1.82) is 0 Å². The predicted octanol–water partition coefficient (Wildman–Crippen LogP) is 2.38. The van der Waals surface area contributed by atoms with E-state index in [1.165, 1.54) is 6.21 Å². The van der Waals surface area contributed by atoms with Crippen LogP contribution < -0.4 is 16.1 Å². The molecular formula is C16H22N4O3. The number of nitrogens with one attached hydrogen (secondary N) is 1. The van der Waals surface area contributed by atoms with E-state index in [1.54, 1.807) is 4.90 Å². The number of amides is 3. The van der Waals surface area contributed by atoms with Crippen molar-refractivity contribution < 1.29 is 14.3 Å². The van der Waals surface area contributed by atoms with E-state index in [2.05, 4.69) is 10.5 Å². The highest BCUT2D eigenvalue weighted by Crippen LogP contribution is 2.31. The van der Waals surface area contributed by atoms with Gasteiger partial charge in [0.1, 0.15) is 5.60 Å². The summed E-state index contributed by atoms with van der Waals surface area (Å²) < 4.78 is 5.48. The Morgan fingerprint density at radius 3 is 2.78 bits per heavy atom. The average molecular weight is 318 g/mol. The number of primary amides is 1. The number of benzene rings is 1. The van der Waals surface area contributed by atoms with Gasteiger partial charge in [0.05, 0.1) is 11.9 Å². The molecule has 0 aromatic heterocycles. The zero-order valence-electron chi connectivity index (χ0n) is 13.6. The molecule has 0 radical (unpaired) electrons. The minimum Gasteiger partial charge on any atom is -0.443 e. The third-order valence-electron chi connectivity index (χ3n) is 3.24. The van der Waals surface area contributed by atoms with Crippen LogP contribution in [0.3, 0.4) is 0 Å². The maximum atomic E-state index is 12.5. The van der Waals surface area contributed by atoms with Crippen LogP contribution in [0.1, 0.15) is 38.3 Å². The first-order valence-corrected chi connectivity index (χ1v) is 7.49. The molecule has 0 bridgehead atoms. The molecule has 1 aromatic carbocycles. The Labute approximate surface area is 135 Å². The van der Waals surface area contributed by atoms with Crippen LogP contribution in [0.25, 0.3) is 0 Å². The number of para-hydroxylation sites is 1. The van der Waals surface area contributed by atoms with Gasteiger partial charge in [-0.25, -0.2) is 15.0 Å². The van der Waals surface area contributed by atoms with Crippen molar-refractivity contribution in [3.63, 3.8) is 0 Å². The molecule has 7 heteroatoms. The highest BCUT2D eigenvalue weighted by Gasteiger charge is 2.28. The molecule has 1 heterocycles. The molecule has 2 rings (SSSR count). The zero-order chi connectivity index (χ0) is 17.0. The fourth-order valence-electron chi connectivity index (χ4n) is 2.45. The smallest absolute Gasteiger partial charge is 0.414 e. The Hall–Kier alpha value is -2.57. The van der Waals surface area contributed by atoms with Crippen LogP contribution in [0.4, 0.5) is 15.3 Å². The van der Waals surface area contributed by atoms with Gasteiger partial charge in [0.15, 0.2) is 0 Å². The van der Waals surface area contributed by atoms with E-state index in [-0.39, 0.29) is 6.09 Å². The summed E-state index contributed by atoms with van der Waals surface area (Å²) in [7, 11) is 0. The third-order valence-corrected chi connectivity index (χ3v) is 3.24. The van der Waals surface area contributed by atoms with Crippen LogP contribution in [0.2, 0.25) is 0 Å². The molecule has 1 aliphatic heterocycles. The molecule has 3 amide bonds. The number of hydrazone groups is 1. The molecule has 0 aliphatic carbocycles. The minimum absolute atomic E-state index is 0.387. The van der Waals surface area contributed by atoms with Crippen molar-refractivity contribution in [2.45, 2.75) is 39.2 Å². The van der Waals surface area contributed by atoms with Crippen LogP contribution in [0.15, 0.2) is 23.3 Å². The van der Waals surface area contributed by atoms with Crippen molar-refractivity contribution in [3.8, 4) is 0 Å². The molecule has 3 N–H and O–H groups in total. The van der Waals surface area contributed by atoms with Crippen molar-refractivity contribution in [2.75, 3.05) is 11.4 Å². The fourth-order valence-corrected chi connectivity index (χ4v) is 2.45. The minimum atomic E-state index is -0.741. The topological polar surface area (TPSA) is 97.0 Å². The SMILES string of the molecule is CC(C)(C)OC(=O)N1CCCc2cccc(C=NNC(N)=O)c21. The number of fused-ring (bicyclic) bond motifs is 1. The standard InChI is InChI=1S/C16H22N4O3/c1-16(2,3)23-15(22)20-9-5-8-11-6-4-7-12(13(11)20)10-18-19-14(17)21/h4,6-7,10H,5,8-9H2,1-3H3,(H3,17,19,21). The number of hydrogen-bond acceptors (Lipinski definition) is 4. The Morgan fingerprint density at radius 2 is 2.13 bits per heavy atom. The lowest BCUT2D eigenvalue weighted by Gasteiger charge is -2.32. The number of ether oxygens (including phenoxy) is 1. The number of urea groups is 1. The summed E-state index contributed by atoms with van der Waals surface area (Å²) in [6.45, 7) is 6.08. The highest BCUT2D eigenvalue weighted by molar-refractivity contribution is 5.98. The summed E-state index contributed by atoms with van der Waals surface area (Å²) >= 11 is 0. The summed E-state index contributed by atoms with van der Waals surface area (Å²) in [6.07, 6.45) is 2.83. The van der Waals surface area contributed by atoms with Gasteiger partial charge in [0, 0.05) is 12.1 Å². The molecule has 0 atom stereocenters. The molecule has 124 valence electrons. The first kappa shape index (κ1) is 16.8. The van der Waals surface area contributed by atoms with Crippen molar-refractivity contribution in [2.24, 2.45) is 10.8 Å². The van der Waals surface area contributed by atoms with Crippen LogP contribution >= 0.6 is 0 Å². The van der Waals surface area contributed by atoms with Gasteiger partial charge in [-0.15, -0.1) is 0 Å². The van der Waals surface area contributed by atoms with Gasteiger partial charge in [-0.1, -0.05) is 18.2 Å². The number of nitrogens with zero attached hydrogens (tertiary/aromatic N) is 2. The fraction of sp³-hybridized carbons (Fsp3) is 0.438. The number of rotatable bonds is 2. The summed E-state index contributed by atoms with van der Waals surface area (Å²) in [5.74, 6) is 0. The Balaban J connectivity index is 2.33. The molecule has 1 aliphatic rings.